The lowest BCUT2D eigenvalue weighted by atomic mass is 10.5. The molecule has 2 atom stereocenters. The second kappa shape index (κ2) is 10.1. The highest BCUT2D eigenvalue weighted by Crippen LogP contribution is 2.30. The molecule has 0 heterocycles. The van der Waals surface area contributed by atoms with E-state index in [0.717, 1.165) is 25.1 Å². The first-order valence-electron chi connectivity index (χ1n) is 9.74. The van der Waals surface area contributed by atoms with E-state index >= 15 is 0 Å². The van der Waals surface area contributed by atoms with Crippen molar-refractivity contribution in [2.24, 2.45) is 0 Å². The van der Waals surface area contributed by atoms with Crippen molar-refractivity contribution in [2.75, 3.05) is 13.7 Å². The van der Waals surface area contributed by atoms with Gasteiger partial charge in [-0.05, 0) is 84.0 Å². The zero-order chi connectivity index (χ0) is 20.9. The lowest BCUT2D eigenvalue weighted by Gasteiger charge is -2.44. The molecule has 10 heteroatoms. The smallest absolute Gasteiger partial charge is 0.317 e. The Labute approximate surface area is 168 Å². The normalized spacial score (nSPS) is 18.5. The van der Waals surface area contributed by atoms with E-state index < -0.39 is 42.3 Å². The van der Waals surface area contributed by atoms with Gasteiger partial charge in [-0.25, -0.2) is 0 Å². The van der Waals surface area contributed by atoms with Crippen molar-refractivity contribution in [3.63, 3.8) is 0 Å². The number of ether oxygens (including phenoxy) is 1. The molecule has 0 fully saturated rings. The van der Waals surface area contributed by atoms with E-state index in [1.807, 2.05) is 0 Å². The molecule has 0 aliphatic carbocycles. The van der Waals surface area contributed by atoms with E-state index in [1.165, 1.54) is 0 Å². The van der Waals surface area contributed by atoms with Crippen molar-refractivity contribution in [3.05, 3.63) is 0 Å². The zero-order valence-electron chi connectivity index (χ0n) is 19.4. The lowest BCUT2D eigenvalue weighted by molar-refractivity contribution is 0.194. The van der Waals surface area contributed by atoms with Crippen molar-refractivity contribution in [1.29, 1.82) is 0 Å². The van der Waals surface area contributed by atoms with Crippen molar-refractivity contribution in [1.82, 2.24) is 0 Å². The fourth-order valence-electron chi connectivity index (χ4n) is 3.21. The molecule has 0 aliphatic heterocycles. The van der Waals surface area contributed by atoms with Gasteiger partial charge in [0.1, 0.15) is 0 Å². The Morgan fingerprint density at radius 1 is 0.615 bits per heavy atom. The molecular weight excluding hydrogens is 413 g/mol. The maximum atomic E-state index is 6.83. The highest BCUT2D eigenvalue weighted by molar-refractivity contribution is 6.90. The monoisotopic (exact) mass is 456 g/mol. The van der Waals surface area contributed by atoms with Crippen LogP contribution in [0.15, 0.2) is 0 Å². The fourth-order valence-corrected chi connectivity index (χ4v) is 26.5. The summed E-state index contributed by atoms with van der Waals surface area (Å²) in [6.07, 6.45) is 0.942. The van der Waals surface area contributed by atoms with Gasteiger partial charge < -0.3 is 21.2 Å². The predicted molar refractivity (Wildman–Crippen MR) is 124 cm³/mol. The van der Waals surface area contributed by atoms with Crippen LogP contribution in [0.3, 0.4) is 0 Å². The van der Waals surface area contributed by atoms with Gasteiger partial charge in [0.05, 0.1) is 0 Å². The summed E-state index contributed by atoms with van der Waals surface area (Å²) in [5, 5.41) is 0. The Morgan fingerprint density at radius 3 is 1.50 bits per heavy atom. The Morgan fingerprint density at radius 2 is 1.12 bits per heavy atom. The van der Waals surface area contributed by atoms with E-state index in [4.69, 9.17) is 21.2 Å². The molecule has 0 spiro atoms. The van der Waals surface area contributed by atoms with Crippen molar-refractivity contribution in [2.45, 2.75) is 90.9 Å². The van der Waals surface area contributed by atoms with E-state index in [1.54, 1.807) is 7.11 Å². The van der Waals surface area contributed by atoms with Gasteiger partial charge in [0.15, 0.2) is 16.6 Å². The Bertz CT molecular complexity index is 424. The molecule has 0 aromatic rings. The molecule has 0 aromatic heterocycles. The average molecular weight is 457 g/mol. The highest BCUT2D eigenvalue weighted by Gasteiger charge is 2.48. The molecule has 0 saturated carbocycles. The van der Waals surface area contributed by atoms with Gasteiger partial charge in [-0.1, -0.05) is 6.92 Å². The van der Waals surface area contributed by atoms with Crippen LogP contribution < -0.4 is 0 Å². The largest absolute Gasteiger partial charge is 0.437 e. The van der Waals surface area contributed by atoms with Crippen LogP contribution in [0.2, 0.25) is 77.6 Å². The second-order valence-electron chi connectivity index (χ2n) is 9.75. The molecular formula is C16H44O5Si5. The number of hydrogen-bond donors (Lipinski definition) is 0. The van der Waals surface area contributed by atoms with E-state index in [9.17, 15) is 0 Å². The first-order valence-corrected chi connectivity index (χ1v) is 24.4. The van der Waals surface area contributed by atoms with E-state index in [0.29, 0.717) is 0 Å². The maximum Gasteiger partial charge on any atom is 0.317 e. The second-order valence-corrected chi connectivity index (χ2v) is 30.0. The summed E-state index contributed by atoms with van der Waals surface area (Å²) >= 11 is 0. The topological polar surface area (TPSA) is 46.2 Å². The van der Waals surface area contributed by atoms with Crippen LogP contribution >= 0.6 is 0 Å². The summed E-state index contributed by atoms with van der Waals surface area (Å²) in [6, 6.07) is 1.84. The first kappa shape index (κ1) is 26.9. The maximum absolute atomic E-state index is 6.83. The molecule has 0 radical (unpaired) electrons. The number of rotatable bonds is 13. The summed E-state index contributed by atoms with van der Waals surface area (Å²) in [6.45, 7) is 24.9. The van der Waals surface area contributed by atoms with Gasteiger partial charge in [-0.3, -0.25) is 0 Å². The molecule has 0 aliphatic rings. The minimum absolute atomic E-state index is 0.728. The van der Waals surface area contributed by atoms with E-state index in [-0.39, 0.29) is 0 Å². The summed E-state index contributed by atoms with van der Waals surface area (Å²) in [5.41, 5.74) is 0. The van der Waals surface area contributed by atoms with Crippen LogP contribution in [-0.2, 0) is 21.2 Å². The minimum atomic E-state index is -2.44. The fraction of sp³-hybridized carbons (Fsp3) is 1.00. The van der Waals surface area contributed by atoms with E-state index in [2.05, 4.69) is 72.4 Å². The number of hydrogen-bond acceptors (Lipinski definition) is 5. The Kier molecular flexibility index (Phi) is 10.4. The molecule has 0 saturated heterocycles. The van der Waals surface area contributed by atoms with Crippen LogP contribution in [-0.4, -0.2) is 56.0 Å². The molecule has 26 heavy (non-hydrogen) atoms. The number of methoxy groups -OCH3 is 1. The van der Waals surface area contributed by atoms with Gasteiger partial charge in [0, 0.05) is 13.7 Å². The summed E-state index contributed by atoms with van der Waals surface area (Å²) in [7, 11) is -8.60. The van der Waals surface area contributed by atoms with Crippen LogP contribution in [0.4, 0.5) is 0 Å². The molecule has 0 bridgehead atoms. The Balaban J connectivity index is 5.46. The quantitative estimate of drug-likeness (QED) is 0.265. The first-order chi connectivity index (χ1) is 11.4. The molecule has 0 aromatic carbocycles. The molecule has 0 N–H and O–H groups in total. The molecule has 0 amide bonds. The van der Waals surface area contributed by atoms with Crippen LogP contribution in [0.1, 0.15) is 13.3 Å². The average Bonchev–Trinajstić information content (AvgIpc) is 2.32. The predicted octanol–water partition coefficient (Wildman–Crippen LogP) is 5.62. The van der Waals surface area contributed by atoms with Crippen LogP contribution in [0.5, 0.6) is 0 Å². The van der Waals surface area contributed by atoms with Gasteiger partial charge in [-0.15, -0.1) is 0 Å². The minimum Gasteiger partial charge on any atom is -0.437 e. The molecule has 5 nitrogen and oxygen atoms in total. The summed E-state index contributed by atoms with van der Waals surface area (Å²) in [4.78, 5) is 0. The van der Waals surface area contributed by atoms with Gasteiger partial charge in [0.2, 0.25) is 0 Å². The summed E-state index contributed by atoms with van der Waals surface area (Å²) in [5.74, 6) is 0. The SMILES string of the molecule is CC[Si](C)(O[Si](C)(C)C)O[Si@@](C)(CCCOC)O[Si](C)(C)O[Si](C)(C)C. The lowest BCUT2D eigenvalue weighted by Crippen LogP contribution is -2.60. The van der Waals surface area contributed by atoms with Crippen molar-refractivity contribution < 1.29 is 21.2 Å². The molecule has 0 rings (SSSR count). The summed E-state index contributed by atoms with van der Waals surface area (Å²) < 4.78 is 31.8. The van der Waals surface area contributed by atoms with Crippen molar-refractivity contribution in [3.8, 4) is 0 Å². The van der Waals surface area contributed by atoms with Crippen LogP contribution in [0.25, 0.3) is 0 Å². The molecule has 1 unspecified atom stereocenters. The standard InChI is InChI=1S/C16H44O5Si5/c1-13-25(11,19-23(6,7)8)21-26(12,16-14-15-17-2)20-24(9,10)18-22(3,4)5/h13-16H2,1-12H3/t25?,26-/m0/s1. The Hall–Kier alpha value is 0.884. The third-order valence-corrected chi connectivity index (χ3v) is 21.9. The highest BCUT2D eigenvalue weighted by atomic mass is 28.5. The third-order valence-electron chi connectivity index (χ3n) is 3.59. The van der Waals surface area contributed by atoms with Gasteiger partial charge >= 0.3 is 25.7 Å². The zero-order valence-corrected chi connectivity index (χ0v) is 24.4. The third kappa shape index (κ3) is 12.4. The molecule has 158 valence electrons. The van der Waals surface area contributed by atoms with Crippen LogP contribution in [0, 0.1) is 0 Å². The van der Waals surface area contributed by atoms with Crippen molar-refractivity contribution >= 4 is 42.3 Å². The van der Waals surface area contributed by atoms with Gasteiger partial charge in [0.25, 0.3) is 0 Å². The van der Waals surface area contributed by atoms with Gasteiger partial charge in [-0.2, -0.15) is 0 Å².